The molecule has 0 radical (unpaired) electrons. The van der Waals surface area contributed by atoms with E-state index >= 15 is 0 Å². The van der Waals surface area contributed by atoms with Gasteiger partial charge in [0.15, 0.2) is 0 Å². The van der Waals surface area contributed by atoms with Crippen LogP contribution in [0.5, 0.6) is 11.5 Å². The quantitative estimate of drug-likeness (QED) is 0.719. The number of hydrogen-bond donors (Lipinski definition) is 0. The lowest BCUT2D eigenvalue weighted by atomic mass is 10.1. The van der Waals surface area contributed by atoms with Crippen LogP contribution in [0.15, 0.2) is 59.6 Å². The molecule has 4 nitrogen and oxygen atoms in total. The van der Waals surface area contributed by atoms with Crippen LogP contribution in [0, 0.1) is 0 Å². The fourth-order valence-electron chi connectivity index (χ4n) is 2.33. The normalized spacial score (nSPS) is 12.1. The van der Waals surface area contributed by atoms with Crippen LogP contribution in [0.2, 0.25) is 0 Å². The van der Waals surface area contributed by atoms with Crippen LogP contribution >= 0.6 is 0 Å². The first-order valence-corrected chi connectivity index (χ1v) is 8.71. The average Bonchev–Trinajstić information content (AvgIpc) is 2.59. The summed E-state index contributed by atoms with van der Waals surface area (Å²) in [5.74, 6) is 1.53. The van der Waals surface area contributed by atoms with Gasteiger partial charge >= 0.3 is 0 Å². The van der Waals surface area contributed by atoms with Crippen LogP contribution in [-0.2, 0) is 17.4 Å². The lowest BCUT2D eigenvalue weighted by Gasteiger charge is -2.10. The van der Waals surface area contributed by atoms with Crippen LogP contribution in [0.25, 0.3) is 10.9 Å². The Bertz CT molecular complexity index is 847. The van der Waals surface area contributed by atoms with E-state index in [0.717, 1.165) is 32.9 Å². The molecule has 5 heteroatoms. The summed E-state index contributed by atoms with van der Waals surface area (Å²) in [6, 6.07) is 15.1. The number of aromatic nitrogens is 1. The van der Waals surface area contributed by atoms with E-state index in [4.69, 9.17) is 9.47 Å². The molecule has 0 aliphatic heterocycles. The van der Waals surface area contributed by atoms with Crippen molar-refractivity contribution in [3.63, 3.8) is 0 Å². The largest absolute Gasteiger partial charge is 0.497 e. The minimum atomic E-state index is -0.975. The molecule has 0 N–H and O–H groups in total. The van der Waals surface area contributed by atoms with E-state index in [1.807, 2.05) is 48.5 Å². The van der Waals surface area contributed by atoms with Crippen molar-refractivity contribution in [3.8, 4) is 11.5 Å². The Labute approximate surface area is 137 Å². The molecule has 1 atom stereocenters. The second kappa shape index (κ2) is 6.79. The lowest BCUT2D eigenvalue weighted by Crippen LogP contribution is -1.98. The molecule has 1 aromatic heterocycles. The predicted octanol–water partition coefficient (Wildman–Crippen LogP) is 3.56. The third-order valence-corrected chi connectivity index (χ3v) is 4.53. The van der Waals surface area contributed by atoms with Crippen molar-refractivity contribution in [2.24, 2.45) is 0 Å². The van der Waals surface area contributed by atoms with E-state index < -0.39 is 10.8 Å². The smallest absolute Gasteiger partial charge is 0.121 e. The van der Waals surface area contributed by atoms with Gasteiger partial charge < -0.3 is 9.47 Å². The first kappa shape index (κ1) is 15.5. The molecule has 2 aromatic carbocycles. The number of benzene rings is 2. The van der Waals surface area contributed by atoms with Crippen molar-refractivity contribution in [1.82, 2.24) is 4.98 Å². The van der Waals surface area contributed by atoms with Crippen molar-refractivity contribution in [1.29, 1.82) is 0 Å². The molecule has 118 valence electrons. The van der Waals surface area contributed by atoms with Gasteiger partial charge in [0.25, 0.3) is 0 Å². The Morgan fingerprint density at radius 3 is 2.48 bits per heavy atom. The summed E-state index contributed by atoms with van der Waals surface area (Å²) in [4.78, 5) is 5.16. The van der Waals surface area contributed by atoms with Crippen molar-refractivity contribution in [2.45, 2.75) is 11.5 Å². The second-order valence-electron chi connectivity index (χ2n) is 5.07. The molecule has 3 rings (SSSR count). The van der Waals surface area contributed by atoms with Crippen LogP contribution in [-0.4, -0.2) is 22.6 Å². The summed E-state index contributed by atoms with van der Waals surface area (Å²) in [7, 11) is 0.665. The summed E-state index contributed by atoms with van der Waals surface area (Å²) in [6.07, 6.45) is 3.43. The number of methoxy groups -OCH3 is 1. The Kier molecular flexibility index (Phi) is 4.57. The zero-order valence-electron chi connectivity index (χ0n) is 13.0. The van der Waals surface area contributed by atoms with E-state index in [1.165, 1.54) is 0 Å². The predicted molar refractivity (Wildman–Crippen MR) is 91.4 cm³/mol. The SMILES string of the molecule is COc1ccc2c(COc3ccc(S(C)=O)cc3)ccnc2c1. The molecule has 3 aromatic rings. The molecule has 0 saturated heterocycles. The van der Waals surface area contributed by atoms with E-state index in [0.29, 0.717) is 6.61 Å². The molecule has 0 bridgehead atoms. The van der Waals surface area contributed by atoms with Gasteiger partial charge in [0.05, 0.1) is 12.6 Å². The van der Waals surface area contributed by atoms with Crippen LogP contribution in [0.4, 0.5) is 0 Å². The summed E-state index contributed by atoms with van der Waals surface area (Å²) < 4.78 is 22.4. The first-order valence-electron chi connectivity index (χ1n) is 7.15. The number of rotatable bonds is 5. The average molecular weight is 327 g/mol. The number of hydrogen-bond acceptors (Lipinski definition) is 4. The van der Waals surface area contributed by atoms with Gasteiger partial charge in [-0.2, -0.15) is 0 Å². The Hall–Kier alpha value is -2.40. The van der Waals surface area contributed by atoms with Gasteiger partial charge in [-0.1, -0.05) is 0 Å². The first-order chi connectivity index (χ1) is 11.2. The topological polar surface area (TPSA) is 48.4 Å². The van der Waals surface area contributed by atoms with Gasteiger partial charge in [-0.05, 0) is 42.5 Å². The molecule has 1 heterocycles. The number of nitrogens with zero attached hydrogens (tertiary/aromatic N) is 1. The zero-order chi connectivity index (χ0) is 16.2. The minimum Gasteiger partial charge on any atom is -0.497 e. The Morgan fingerprint density at radius 1 is 1.04 bits per heavy atom. The van der Waals surface area contributed by atoms with Gasteiger partial charge in [0.2, 0.25) is 0 Å². The van der Waals surface area contributed by atoms with E-state index in [-0.39, 0.29) is 0 Å². The second-order valence-corrected chi connectivity index (χ2v) is 6.45. The fourth-order valence-corrected chi connectivity index (χ4v) is 2.85. The highest BCUT2D eigenvalue weighted by Crippen LogP contribution is 2.23. The van der Waals surface area contributed by atoms with Crippen molar-refractivity contribution < 1.29 is 13.7 Å². The van der Waals surface area contributed by atoms with Gasteiger partial charge in [-0.15, -0.1) is 0 Å². The van der Waals surface area contributed by atoms with Crippen LogP contribution in [0.1, 0.15) is 5.56 Å². The maximum absolute atomic E-state index is 11.4. The molecule has 0 fully saturated rings. The molecule has 0 saturated carbocycles. The molecule has 0 aliphatic carbocycles. The van der Waals surface area contributed by atoms with Gasteiger partial charge in [-0.3, -0.25) is 9.19 Å². The van der Waals surface area contributed by atoms with Gasteiger partial charge in [0.1, 0.15) is 18.1 Å². The van der Waals surface area contributed by atoms with Gasteiger partial charge in [0, 0.05) is 45.2 Å². The van der Waals surface area contributed by atoms with E-state index in [2.05, 4.69) is 4.98 Å². The molecule has 1 unspecified atom stereocenters. The highest BCUT2D eigenvalue weighted by atomic mass is 32.2. The lowest BCUT2D eigenvalue weighted by molar-refractivity contribution is 0.307. The highest BCUT2D eigenvalue weighted by Gasteiger charge is 2.05. The molecule has 0 amide bonds. The van der Waals surface area contributed by atoms with Crippen molar-refractivity contribution >= 4 is 21.7 Å². The Morgan fingerprint density at radius 2 is 1.78 bits per heavy atom. The summed E-state index contributed by atoms with van der Waals surface area (Å²) in [6.45, 7) is 0.444. The summed E-state index contributed by atoms with van der Waals surface area (Å²) in [5, 5.41) is 1.04. The maximum Gasteiger partial charge on any atom is 0.121 e. The fraction of sp³-hybridized carbons (Fsp3) is 0.167. The maximum atomic E-state index is 11.4. The number of ether oxygens (including phenoxy) is 2. The number of fused-ring (bicyclic) bond motifs is 1. The summed E-state index contributed by atoms with van der Waals surface area (Å²) >= 11 is 0. The third-order valence-electron chi connectivity index (χ3n) is 3.59. The van der Waals surface area contributed by atoms with Crippen molar-refractivity contribution in [2.75, 3.05) is 13.4 Å². The van der Waals surface area contributed by atoms with Gasteiger partial charge in [-0.25, -0.2) is 0 Å². The Balaban J connectivity index is 1.80. The molecule has 0 aliphatic rings. The number of pyridine rings is 1. The summed E-state index contributed by atoms with van der Waals surface area (Å²) in [5.41, 5.74) is 1.93. The monoisotopic (exact) mass is 327 g/mol. The molecule has 23 heavy (non-hydrogen) atoms. The zero-order valence-corrected chi connectivity index (χ0v) is 13.8. The third kappa shape index (κ3) is 3.51. The highest BCUT2D eigenvalue weighted by molar-refractivity contribution is 7.84. The van der Waals surface area contributed by atoms with E-state index in [9.17, 15) is 4.21 Å². The van der Waals surface area contributed by atoms with Crippen LogP contribution < -0.4 is 9.47 Å². The molecule has 0 spiro atoms. The molecular formula is C18H17NO3S. The van der Waals surface area contributed by atoms with Crippen LogP contribution in [0.3, 0.4) is 0 Å². The van der Waals surface area contributed by atoms with Crippen molar-refractivity contribution in [3.05, 3.63) is 60.3 Å². The molecular weight excluding hydrogens is 310 g/mol. The minimum absolute atomic E-state index is 0.444. The standard InChI is InChI=1S/C18H17NO3S/c1-21-15-5-8-17-13(9-10-19-18(17)11-15)12-22-14-3-6-16(7-4-14)23(2)20/h3-11H,12H2,1-2H3. The van der Waals surface area contributed by atoms with E-state index in [1.54, 1.807) is 19.6 Å².